The number of nitrogens with one attached hydrogen (secondary N) is 1. The standard InChI is InChI=1S/C20H23N3O3S2/c1-10-11(2)27-19-17(10)20(22-13(4)21-19)28-12(3)18(24)23-14-7-8-15(25-5)16(9-14)26-6/h7-9,12H,1-6H3,(H,23,24)/t12-/m0/s1. The smallest absolute Gasteiger partial charge is 0.237 e. The van der Waals surface area contributed by atoms with Gasteiger partial charge >= 0.3 is 0 Å². The highest BCUT2D eigenvalue weighted by atomic mass is 32.2. The summed E-state index contributed by atoms with van der Waals surface area (Å²) in [6, 6.07) is 5.30. The van der Waals surface area contributed by atoms with E-state index in [1.807, 2.05) is 13.8 Å². The van der Waals surface area contributed by atoms with Crippen LogP contribution >= 0.6 is 23.1 Å². The number of nitrogens with zero attached hydrogens (tertiary/aromatic N) is 2. The lowest BCUT2D eigenvalue weighted by molar-refractivity contribution is -0.115. The van der Waals surface area contributed by atoms with Crippen molar-refractivity contribution in [3.05, 3.63) is 34.5 Å². The molecule has 1 aromatic carbocycles. The van der Waals surface area contributed by atoms with Crippen molar-refractivity contribution in [2.75, 3.05) is 19.5 Å². The molecule has 3 rings (SSSR count). The molecule has 0 spiro atoms. The van der Waals surface area contributed by atoms with Crippen LogP contribution in [0.5, 0.6) is 11.5 Å². The molecule has 1 N–H and O–H groups in total. The highest BCUT2D eigenvalue weighted by Crippen LogP contribution is 2.37. The lowest BCUT2D eigenvalue weighted by Crippen LogP contribution is -2.22. The molecule has 8 heteroatoms. The Morgan fingerprint density at radius 1 is 1.14 bits per heavy atom. The summed E-state index contributed by atoms with van der Waals surface area (Å²) in [5.74, 6) is 1.79. The van der Waals surface area contributed by atoms with E-state index in [4.69, 9.17) is 9.47 Å². The first kappa shape index (κ1) is 20.4. The van der Waals surface area contributed by atoms with Gasteiger partial charge in [0, 0.05) is 22.0 Å². The summed E-state index contributed by atoms with van der Waals surface area (Å²) >= 11 is 3.11. The van der Waals surface area contributed by atoms with Gasteiger partial charge in [-0.3, -0.25) is 4.79 Å². The summed E-state index contributed by atoms with van der Waals surface area (Å²) in [5, 5.41) is 4.50. The molecule has 3 aromatic rings. The fourth-order valence-electron chi connectivity index (χ4n) is 2.78. The maximum absolute atomic E-state index is 12.7. The van der Waals surface area contributed by atoms with Gasteiger partial charge in [-0.25, -0.2) is 9.97 Å². The maximum atomic E-state index is 12.7. The summed E-state index contributed by atoms with van der Waals surface area (Å²) in [6.45, 7) is 7.91. The molecule has 2 aromatic heterocycles. The minimum Gasteiger partial charge on any atom is -0.493 e. The number of carbonyl (C=O) groups is 1. The predicted molar refractivity (Wildman–Crippen MR) is 115 cm³/mol. The second-order valence-corrected chi connectivity index (χ2v) is 8.89. The first-order valence-corrected chi connectivity index (χ1v) is 10.5. The molecule has 6 nitrogen and oxygen atoms in total. The molecule has 0 aliphatic rings. The van der Waals surface area contributed by atoms with Crippen molar-refractivity contribution in [3.8, 4) is 11.5 Å². The quantitative estimate of drug-likeness (QED) is 0.461. The number of benzene rings is 1. The Balaban J connectivity index is 1.81. The third-order valence-corrected chi connectivity index (χ3v) is 6.60. The number of hydrogen-bond acceptors (Lipinski definition) is 7. The van der Waals surface area contributed by atoms with E-state index in [0.717, 1.165) is 15.2 Å². The number of methoxy groups -OCH3 is 2. The Bertz CT molecular complexity index is 1030. The molecule has 0 aliphatic carbocycles. The van der Waals surface area contributed by atoms with Crippen LogP contribution in [0, 0.1) is 20.8 Å². The SMILES string of the molecule is COc1ccc(NC(=O)[C@H](C)Sc2nc(C)nc3sc(C)c(C)c23)cc1OC. The summed E-state index contributed by atoms with van der Waals surface area (Å²) in [4.78, 5) is 24.1. The van der Waals surface area contributed by atoms with Crippen molar-refractivity contribution in [2.45, 2.75) is 38.0 Å². The van der Waals surface area contributed by atoms with E-state index < -0.39 is 0 Å². The van der Waals surface area contributed by atoms with Gasteiger partial charge in [-0.1, -0.05) is 11.8 Å². The first-order chi connectivity index (χ1) is 13.3. The highest BCUT2D eigenvalue weighted by molar-refractivity contribution is 8.00. The van der Waals surface area contributed by atoms with E-state index in [-0.39, 0.29) is 11.2 Å². The van der Waals surface area contributed by atoms with Crippen LogP contribution in [0.25, 0.3) is 10.2 Å². The van der Waals surface area contributed by atoms with Gasteiger partial charge in [0.15, 0.2) is 11.5 Å². The van der Waals surface area contributed by atoms with Gasteiger partial charge < -0.3 is 14.8 Å². The highest BCUT2D eigenvalue weighted by Gasteiger charge is 2.20. The van der Waals surface area contributed by atoms with Crippen molar-refractivity contribution in [1.82, 2.24) is 9.97 Å². The third-order valence-electron chi connectivity index (χ3n) is 4.42. The summed E-state index contributed by atoms with van der Waals surface area (Å²) in [6.07, 6.45) is 0. The van der Waals surface area contributed by atoms with Crippen molar-refractivity contribution in [3.63, 3.8) is 0 Å². The number of carbonyl (C=O) groups excluding carboxylic acids is 1. The van der Waals surface area contributed by atoms with Gasteiger partial charge in [-0.05, 0) is 45.4 Å². The topological polar surface area (TPSA) is 73.3 Å². The Morgan fingerprint density at radius 3 is 2.54 bits per heavy atom. The molecule has 0 saturated carbocycles. The number of thiophene rings is 1. The lowest BCUT2D eigenvalue weighted by Gasteiger charge is -2.14. The molecule has 1 amide bonds. The molecule has 0 radical (unpaired) electrons. The van der Waals surface area contributed by atoms with Crippen LogP contribution in [-0.2, 0) is 4.79 Å². The second-order valence-electron chi connectivity index (χ2n) is 6.36. The number of fused-ring (bicyclic) bond motifs is 1. The summed E-state index contributed by atoms with van der Waals surface area (Å²) in [7, 11) is 3.14. The average Bonchev–Trinajstić information content (AvgIpc) is 2.95. The predicted octanol–water partition coefficient (Wildman–Crippen LogP) is 4.75. The lowest BCUT2D eigenvalue weighted by atomic mass is 10.2. The van der Waals surface area contributed by atoms with Crippen LogP contribution < -0.4 is 14.8 Å². The van der Waals surface area contributed by atoms with E-state index in [1.54, 1.807) is 43.8 Å². The van der Waals surface area contributed by atoms with Crippen molar-refractivity contribution >= 4 is 44.9 Å². The number of amides is 1. The van der Waals surface area contributed by atoms with Gasteiger partial charge in [-0.15, -0.1) is 11.3 Å². The van der Waals surface area contributed by atoms with Gasteiger partial charge in [-0.2, -0.15) is 0 Å². The van der Waals surface area contributed by atoms with Crippen LogP contribution in [-0.4, -0.2) is 35.3 Å². The van der Waals surface area contributed by atoms with Gasteiger partial charge in [0.1, 0.15) is 15.7 Å². The van der Waals surface area contributed by atoms with Crippen LogP contribution in [0.3, 0.4) is 0 Å². The van der Waals surface area contributed by atoms with E-state index in [9.17, 15) is 4.79 Å². The third kappa shape index (κ3) is 4.07. The average molecular weight is 418 g/mol. The number of ether oxygens (including phenoxy) is 2. The fourth-order valence-corrected chi connectivity index (χ4v) is 4.97. The number of rotatable bonds is 6. The molecule has 0 unspecified atom stereocenters. The van der Waals surface area contributed by atoms with Gasteiger partial charge in [0.25, 0.3) is 0 Å². The number of aryl methyl sites for hydroxylation is 3. The Morgan fingerprint density at radius 2 is 1.86 bits per heavy atom. The molecule has 2 heterocycles. The molecular formula is C20H23N3O3S2. The molecule has 28 heavy (non-hydrogen) atoms. The molecule has 0 saturated heterocycles. The normalized spacial score (nSPS) is 12.1. The van der Waals surface area contributed by atoms with Crippen LogP contribution in [0.15, 0.2) is 23.2 Å². The Kier molecular flexibility index (Phi) is 6.10. The number of thioether (sulfide) groups is 1. The van der Waals surface area contributed by atoms with Crippen molar-refractivity contribution < 1.29 is 14.3 Å². The zero-order valence-electron chi connectivity index (χ0n) is 16.7. The van der Waals surface area contributed by atoms with E-state index >= 15 is 0 Å². The Labute approximate surface area is 172 Å². The molecule has 1 atom stereocenters. The zero-order valence-corrected chi connectivity index (χ0v) is 18.4. The van der Waals surface area contributed by atoms with Crippen LogP contribution in [0.2, 0.25) is 0 Å². The molecule has 0 aliphatic heterocycles. The molecule has 0 bridgehead atoms. The Hall–Kier alpha value is -2.32. The van der Waals surface area contributed by atoms with Crippen LogP contribution in [0.1, 0.15) is 23.2 Å². The van der Waals surface area contributed by atoms with Crippen molar-refractivity contribution in [2.24, 2.45) is 0 Å². The fraction of sp³-hybridized carbons (Fsp3) is 0.350. The maximum Gasteiger partial charge on any atom is 0.237 e. The molecule has 148 valence electrons. The number of hydrogen-bond donors (Lipinski definition) is 1. The van der Waals surface area contributed by atoms with Crippen molar-refractivity contribution in [1.29, 1.82) is 0 Å². The van der Waals surface area contributed by atoms with Crippen LogP contribution in [0.4, 0.5) is 5.69 Å². The van der Waals surface area contributed by atoms with Gasteiger partial charge in [0.2, 0.25) is 5.91 Å². The van der Waals surface area contributed by atoms with Gasteiger partial charge in [0.05, 0.1) is 19.5 Å². The summed E-state index contributed by atoms with van der Waals surface area (Å²) < 4.78 is 10.5. The number of anilines is 1. The largest absolute Gasteiger partial charge is 0.493 e. The second kappa shape index (κ2) is 8.36. The van der Waals surface area contributed by atoms with E-state index in [1.165, 1.54) is 22.2 Å². The first-order valence-electron chi connectivity index (χ1n) is 8.78. The summed E-state index contributed by atoms with van der Waals surface area (Å²) in [5.41, 5.74) is 1.83. The number of aromatic nitrogens is 2. The monoisotopic (exact) mass is 417 g/mol. The zero-order chi connectivity index (χ0) is 20.4. The minimum absolute atomic E-state index is 0.105. The molecular weight excluding hydrogens is 394 g/mol. The minimum atomic E-state index is -0.329. The van der Waals surface area contributed by atoms with E-state index in [0.29, 0.717) is 23.0 Å². The molecule has 0 fully saturated rings. The van der Waals surface area contributed by atoms with E-state index in [2.05, 4.69) is 29.1 Å².